The third-order valence-electron chi connectivity index (χ3n) is 4.94. The highest BCUT2D eigenvalue weighted by atomic mass is 19.4. The van der Waals surface area contributed by atoms with Crippen molar-refractivity contribution in [2.45, 2.75) is 38.1 Å². The van der Waals surface area contributed by atoms with Crippen molar-refractivity contribution in [3.8, 4) is 5.75 Å². The number of amides is 1. The first-order valence-electron chi connectivity index (χ1n) is 9.53. The van der Waals surface area contributed by atoms with Gasteiger partial charge in [-0.1, -0.05) is 24.3 Å². The molecule has 0 radical (unpaired) electrons. The summed E-state index contributed by atoms with van der Waals surface area (Å²) in [4.78, 5) is 14.7. The maximum atomic E-state index is 13.0. The zero-order valence-electron chi connectivity index (χ0n) is 16.2. The molecule has 1 saturated heterocycles. The van der Waals surface area contributed by atoms with Gasteiger partial charge in [0, 0.05) is 19.7 Å². The van der Waals surface area contributed by atoms with Crippen LogP contribution in [0.4, 0.5) is 13.2 Å². The van der Waals surface area contributed by atoms with Crippen molar-refractivity contribution in [2.24, 2.45) is 0 Å². The molecule has 1 atom stereocenters. The molecule has 2 aromatic rings. The van der Waals surface area contributed by atoms with Crippen LogP contribution in [-0.4, -0.2) is 37.2 Å². The number of carbonyl (C=O) groups excluding carboxylic acids is 1. The van der Waals surface area contributed by atoms with Crippen molar-refractivity contribution < 1.29 is 27.4 Å². The minimum atomic E-state index is -4.39. The lowest BCUT2D eigenvalue weighted by atomic mass is 10.1. The van der Waals surface area contributed by atoms with Crippen LogP contribution in [0.3, 0.4) is 0 Å². The van der Waals surface area contributed by atoms with Crippen molar-refractivity contribution in [3.63, 3.8) is 0 Å². The van der Waals surface area contributed by atoms with Gasteiger partial charge in [0.15, 0.2) is 0 Å². The van der Waals surface area contributed by atoms with E-state index in [1.165, 1.54) is 12.1 Å². The van der Waals surface area contributed by atoms with Gasteiger partial charge in [-0.15, -0.1) is 0 Å². The number of methoxy groups -OCH3 is 1. The molecule has 0 saturated carbocycles. The van der Waals surface area contributed by atoms with Gasteiger partial charge in [0.1, 0.15) is 5.75 Å². The number of carbonyl (C=O) groups is 1. The summed E-state index contributed by atoms with van der Waals surface area (Å²) in [5.41, 5.74) is 0.746. The van der Waals surface area contributed by atoms with E-state index in [1.807, 2.05) is 24.3 Å². The van der Waals surface area contributed by atoms with Gasteiger partial charge in [-0.05, 0) is 48.2 Å². The second kappa shape index (κ2) is 9.31. The molecule has 0 N–H and O–H groups in total. The number of halogens is 3. The fraction of sp³-hybridized carbons (Fsp3) is 0.409. The Kier molecular flexibility index (Phi) is 6.79. The van der Waals surface area contributed by atoms with E-state index in [9.17, 15) is 18.0 Å². The van der Waals surface area contributed by atoms with Crippen LogP contribution < -0.4 is 4.74 Å². The van der Waals surface area contributed by atoms with Gasteiger partial charge in [-0.2, -0.15) is 13.2 Å². The highest BCUT2D eigenvalue weighted by molar-refractivity contribution is 5.78. The number of nitrogens with zero attached hydrogens (tertiary/aromatic N) is 1. The molecule has 1 fully saturated rings. The Bertz CT molecular complexity index is 815. The molecule has 1 unspecified atom stereocenters. The average molecular weight is 407 g/mol. The number of rotatable bonds is 7. The summed E-state index contributed by atoms with van der Waals surface area (Å²) in [5, 5.41) is 0. The van der Waals surface area contributed by atoms with Crippen LogP contribution in [0.2, 0.25) is 0 Å². The molecule has 3 rings (SSSR count). The Morgan fingerprint density at radius 3 is 2.55 bits per heavy atom. The van der Waals surface area contributed by atoms with Crippen LogP contribution in [-0.2, 0) is 28.7 Å². The van der Waals surface area contributed by atoms with Crippen molar-refractivity contribution in [1.29, 1.82) is 0 Å². The molecule has 1 amide bonds. The second-order valence-electron chi connectivity index (χ2n) is 7.13. The van der Waals surface area contributed by atoms with Crippen molar-refractivity contribution in [2.75, 3.05) is 20.3 Å². The molecule has 0 aliphatic carbocycles. The summed E-state index contributed by atoms with van der Waals surface area (Å²) in [6.45, 7) is 1.53. The Hall–Kier alpha value is -2.54. The first-order chi connectivity index (χ1) is 13.8. The van der Waals surface area contributed by atoms with Crippen LogP contribution in [0.25, 0.3) is 0 Å². The normalized spacial score (nSPS) is 16.6. The summed E-state index contributed by atoms with van der Waals surface area (Å²) in [5.74, 6) is 0.554. The molecule has 29 heavy (non-hydrogen) atoms. The van der Waals surface area contributed by atoms with Gasteiger partial charge in [-0.25, -0.2) is 0 Å². The summed E-state index contributed by atoms with van der Waals surface area (Å²) in [7, 11) is 1.58. The number of hydrogen-bond acceptors (Lipinski definition) is 3. The van der Waals surface area contributed by atoms with Crippen LogP contribution >= 0.6 is 0 Å². The van der Waals surface area contributed by atoms with Gasteiger partial charge in [0.25, 0.3) is 0 Å². The molecule has 0 aromatic heterocycles. The van der Waals surface area contributed by atoms with E-state index in [-0.39, 0.29) is 18.4 Å². The Balaban J connectivity index is 1.72. The summed E-state index contributed by atoms with van der Waals surface area (Å²) >= 11 is 0. The molecule has 1 aliphatic heterocycles. The van der Waals surface area contributed by atoms with Crippen LogP contribution in [0.5, 0.6) is 5.75 Å². The van der Waals surface area contributed by atoms with Crippen molar-refractivity contribution in [1.82, 2.24) is 4.90 Å². The number of alkyl halides is 3. The largest absolute Gasteiger partial charge is 0.497 e. The molecule has 2 aromatic carbocycles. The maximum absolute atomic E-state index is 13.0. The van der Waals surface area contributed by atoms with Crippen molar-refractivity contribution in [3.05, 3.63) is 65.2 Å². The van der Waals surface area contributed by atoms with Crippen molar-refractivity contribution >= 4 is 5.91 Å². The molecule has 7 heteroatoms. The minimum Gasteiger partial charge on any atom is -0.497 e. The SMILES string of the molecule is COc1cccc(CN(CC2CCCO2)C(=O)Cc2ccc(C(F)(F)F)cc2)c1. The molecule has 156 valence electrons. The van der Waals surface area contributed by atoms with Crippen LogP contribution in [0, 0.1) is 0 Å². The summed E-state index contributed by atoms with van der Waals surface area (Å²) < 4.78 is 49.1. The van der Waals surface area contributed by atoms with Gasteiger partial charge in [-0.3, -0.25) is 4.79 Å². The molecular weight excluding hydrogens is 383 g/mol. The lowest BCUT2D eigenvalue weighted by molar-refractivity contribution is -0.137. The van der Waals surface area contributed by atoms with E-state index in [0.29, 0.717) is 31.0 Å². The smallest absolute Gasteiger partial charge is 0.416 e. The highest BCUT2D eigenvalue weighted by Gasteiger charge is 2.30. The number of benzene rings is 2. The zero-order valence-corrected chi connectivity index (χ0v) is 16.2. The second-order valence-corrected chi connectivity index (χ2v) is 7.13. The minimum absolute atomic E-state index is 0.0165. The van der Waals surface area contributed by atoms with Crippen LogP contribution in [0.1, 0.15) is 29.5 Å². The Labute approximate surface area is 168 Å². The number of ether oxygens (including phenoxy) is 2. The standard InChI is InChI=1S/C22H24F3NO3/c1-28-19-5-2-4-17(12-19)14-26(15-20-6-3-11-29-20)21(27)13-16-7-9-18(10-8-16)22(23,24)25/h2,4-5,7-10,12,20H,3,6,11,13-15H2,1H3. The summed E-state index contributed by atoms with van der Waals surface area (Å²) in [6, 6.07) is 12.2. The summed E-state index contributed by atoms with van der Waals surface area (Å²) in [6.07, 6.45) is -2.51. The maximum Gasteiger partial charge on any atom is 0.416 e. The third-order valence-corrected chi connectivity index (χ3v) is 4.94. The van der Waals surface area contributed by atoms with Gasteiger partial charge < -0.3 is 14.4 Å². The topological polar surface area (TPSA) is 38.8 Å². The first-order valence-corrected chi connectivity index (χ1v) is 9.53. The van der Waals surface area contributed by atoms with Gasteiger partial charge >= 0.3 is 6.18 Å². The average Bonchev–Trinajstić information content (AvgIpc) is 3.20. The molecule has 1 aliphatic rings. The van der Waals surface area contributed by atoms with E-state index in [0.717, 1.165) is 30.5 Å². The predicted molar refractivity (Wildman–Crippen MR) is 103 cm³/mol. The fourth-order valence-corrected chi connectivity index (χ4v) is 3.38. The lowest BCUT2D eigenvalue weighted by Crippen LogP contribution is -2.37. The fourth-order valence-electron chi connectivity index (χ4n) is 3.38. The first kappa shape index (κ1) is 21.2. The van der Waals surface area contributed by atoms with Gasteiger partial charge in [0.2, 0.25) is 5.91 Å². The zero-order chi connectivity index (χ0) is 20.9. The van der Waals surface area contributed by atoms with E-state index >= 15 is 0 Å². The molecule has 1 heterocycles. The monoisotopic (exact) mass is 407 g/mol. The lowest BCUT2D eigenvalue weighted by Gasteiger charge is -2.26. The van der Waals surface area contributed by atoms with E-state index < -0.39 is 11.7 Å². The highest BCUT2D eigenvalue weighted by Crippen LogP contribution is 2.29. The predicted octanol–water partition coefficient (Wildman–Crippen LogP) is 4.46. The van der Waals surface area contributed by atoms with Crippen LogP contribution in [0.15, 0.2) is 48.5 Å². The molecular formula is C22H24F3NO3. The van der Waals surface area contributed by atoms with E-state index in [4.69, 9.17) is 9.47 Å². The van der Waals surface area contributed by atoms with E-state index in [1.54, 1.807) is 12.0 Å². The molecule has 4 nitrogen and oxygen atoms in total. The Morgan fingerprint density at radius 1 is 1.17 bits per heavy atom. The third kappa shape index (κ3) is 5.97. The molecule has 0 bridgehead atoms. The Morgan fingerprint density at radius 2 is 1.93 bits per heavy atom. The number of hydrogen-bond donors (Lipinski definition) is 0. The quantitative estimate of drug-likeness (QED) is 0.680. The molecule has 0 spiro atoms. The van der Waals surface area contributed by atoms with Gasteiger partial charge in [0.05, 0.1) is 25.2 Å². The van der Waals surface area contributed by atoms with E-state index in [2.05, 4.69) is 0 Å².